The van der Waals surface area contributed by atoms with Crippen LogP contribution >= 0.6 is 11.6 Å². The SMILES string of the molecule is CCCCCOc1ccc(/C(O)=C2/C(=O)C(=O)N(c3ccc(Cl)cc3)C2c2ccc(OC)c(OCC)c2)cc1. The van der Waals surface area contributed by atoms with E-state index in [0.29, 0.717) is 52.3 Å². The first-order chi connectivity index (χ1) is 18.9. The number of hydrogen-bond acceptors (Lipinski definition) is 6. The topological polar surface area (TPSA) is 85.3 Å². The lowest BCUT2D eigenvalue weighted by atomic mass is 9.94. The number of aliphatic hydroxyl groups is 1. The molecule has 3 aromatic rings. The van der Waals surface area contributed by atoms with Crippen LogP contribution in [0.3, 0.4) is 0 Å². The molecule has 39 heavy (non-hydrogen) atoms. The molecule has 1 fully saturated rings. The summed E-state index contributed by atoms with van der Waals surface area (Å²) in [5, 5.41) is 11.9. The number of ketones is 1. The van der Waals surface area contributed by atoms with Crippen molar-refractivity contribution in [1.29, 1.82) is 0 Å². The number of benzene rings is 3. The molecule has 0 saturated carbocycles. The van der Waals surface area contributed by atoms with E-state index in [4.69, 9.17) is 25.8 Å². The van der Waals surface area contributed by atoms with Gasteiger partial charge in [-0.05, 0) is 79.6 Å². The Morgan fingerprint density at radius 1 is 0.923 bits per heavy atom. The highest BCUT2D eigenvalue weighted by Gasteiger charge is 2.47. The molecule has 1 N–H and O–H groups in total. The lowest BCUT2D eigenvalue weighted by Gasteiger charge is -2.26. The molecule has 1 amide bonds. The summed E-state index contributed by atoms with van der Waals surface area (Å²) in [5.41, 5.74) is 1.41. The first-order valence-corrected chi connectivity index (χ1v) is 13.4. The molecule has 3 aromatic carbocycles. The number of unbranched alkanes of at least 4 members (excludes halogenated alkanes) is 2. The number of Topliss-reactive ketones (excluding diaryl/α,β-unsaturated/α-hetero) is 1. The first-order valence-electron chi connectivity index (χ1n) is 13.0. The Bertz CT molecular complexity index is 1350. The number of carbonyl (C=O) groups excluding carboxylic acids is 2. The van der Waals surface area contributed by atoms with Gasteiger partial charge >= 0.3 is 0 Å². The van der Waals surface area contributed by atoms with Crippen molar-refractivity contribution in [3.8, 4) is 17.2 Å². The Kier molecular flexibility index (Phi) is 9.15. The van der Waals surface area contributed by atoms with Crippen LogP contribution in [0.5, 0.6) is 17.2 Å². The molecule has 1 unspecified atom stereocenters. The molecule has 0 aliphatic carbocycles. The van der Waals surface area contributed by atoms with Crippen LogP contribution in [0.15, 0.2) is 72.3 Å². The van der Waals surface area contributed by atoms with E-state index in [1.54, 1.807) is 66.7 Å². The molecule has 204 valence electrons. The lowest BCUT2D eigenvalue weighted by molar-refractivity contribution is -0.132. The van der Waals surface area contributed by atoms with Gasteiger partial charge in [-0.2, -0.15) is 0 Å². The van der Waals surface area contributed by atoms with Gasteiger partial charge in [0.25, 0.3) is 11.7 Å². The van der Waals surface area contributed by atoms with Crippen LogP contribution in [-0.2, 0) is 9.59 Å². The van der Waals surface area contributed by atoms with Gasteiger partial charge in [-0.1, -0.05) is 37.4 Å². The van der Waals surface area contributed by atoms with Crippen LogP contribution in [0.2, 0.25) is 5.02 Å². The molecular weight excluding hydrogens is 518 g/mol. The summed E-state index contributed by atoms with van der Waals surface area (Å²) in [5.74, 6) is -0.185. The zero-order chi connectivity index (χ0) is 27.9. The Morgan fingerprint density at radius 2 is 1.64 bits per heavy atom. The van der Waals surface area contributed by atoms with Crippen molar-refractivity contribution in [2.24, 2.45) is 0 Å². The van der Waals surface area contributed by atoms with Gasteiger partial charge in [0.05, 0.1) is 31.9 Å². The van der Waals surface area contributed by atoms with Gasteiger partial charge in [-0.25, -0.2) is 0 Å². The summed E-state index contributed by atoms with van der Waals surface area (Å²) in [6, 6.07) is 17.7. The standard InChI is InChI=1S/C31H32ClNO6/c1-4-6-7-18-39-24-15-8-20(9-16-24)29(34)27-28(21-10-17-25(37-3)26(19-21)38-5-2)33(31(36)30(27)35)23-13-11-22(32)12-14-23/h8-17,19,28,34H,4-7,18H2,1-3H3/b29-27-. The van der Waals surface area contributed by atoms with Crippen molar-refractivity contribution in [3.63, 3.8) is 0 Å². The van der Waals surface area contributed by atoms with Gasteiger partial charge in [0, 0.05) is 16.3 Å². The summed E-state index contributed by atoms with van der Waals surface area (Å²) < 4.78 is 17.0. The quantitative estimate of drug-likeness (QED) is 0.121. The van der Waals surface area contributed by atoms with Crippen LogP contribution in [0.1, 0.15) is 50.3 Å². The van der Waals surface area contributed by atoms with Crippen molar-refractivity contribution in [2.75, 3.05) is 25.2 Å². The van der Waals surface area contributed by atoms with E-state index >= 15 is 0 Å². The van der Waals surface area contributed by atoms with Crippen LogP contribution in [0, 0.1) is 0 Å². The van der Waals surface area contributed by atoms with Crippen molar-refractivity contribution in [2.45, 2.75) is 39.2 Å². The molecule has 8 heteroatoms. The number of anilines is 1. The van der Waals surface area contributed by atoms with E-state index in [1.165, 1.54) is 12.0 Å². The van der Waals surface area contributed by atoms with Gasteiger partial charge in [0.2, 0.25) is 0 Å². The molecular formula is C31H32ClNO6. The monoisotopic (exact) mass is 549 g/mol. The Labute approximate surface area is 233 Å². The summed E-state index contributed by atoms with van der Waals surface area (Å²) in [6.07, 6.45) is 3.14. The lowest BCUT2D eigenvalue weighted by Crippen LogP contribution is -2.29. The maximum atomic E-state index is 13.4. The largest absolute Gasteiger partial charge is 0.507 e. The van der Waals surface area contributed by atoms with Crippen LogP contribution < -0.4 is 19.1 Å². The fourth-order valence-electron chi connectivity index (χ4n) is 4.55. The van der Waals surface area contributed by atoms with Gasteiger partial charge in [-0.3, -0.25) is 14.5 Å². The van der Waals surface area contributed by atoms with Crippen LogP contribution in [-0.4, -0.2) is 37.1 Å². The smallest absolute Gasteiger partial charge is 0.300 e. The molecule has 0 bridgehead atoms. The van der Waals surface area contributed by atoms with Gasteiger partial charge in [0.15, 0.2) is 11.5 Å². The molecule has 4 rings (SSSR count). The van der Waals surface area contributed by atoms with Crippen molar-refractivity contribution < 1.29 is 28.9 Å². The molecule has 7 nitrogen and oxygen atoms in total. The minimum absolute atomic E-state index is 0.0285. The number of rotatable bonds is 11. The maximum absolute atomic E-state index is 13.4. The number of methoxy groups -OCH3 is 1. The third-order valence-electron chi connectivity index (χ3n) is 6.50. The Morgan fingerprint density at radius 3 is 2.28 bits per heavy atom. The molecule has 1 atom stereocenters. The molecule has 1 aliphatic heterocycles. The van der Waals surface area contributed by atoms with Gasteiger partial charge in [0.1, 0.15) is 11.5 Å². The van der Waals surface area contributed by atoms with E-state index in [-0.39, 0.29) is 11.3 Å². The van der Waals surface area contributed by atoms with Crippen molar-refractivity contribution >= 4 is 34.7 Å². The van der Waals surface area contributed by atoms with Crippen molar-refractivity contribution in [3.05, 3.63) is 88.5 Å². The number of nitrogens with zero attached hydrogens (tertiary/aromatic N) is 1. The maximum Gasteiger partial charge on any atom is 0.300 e. The van der Waals surface area contributed by atoms with Gasteiger partial charge < -0.3 is 19.3 Å². The number of halogens is 1. The van der Waals surface area contributed by atoms with E-state index in [0.717, 1.165) is 19.3 Å². The predicted octanol–water partition coefficient (Wildman–Crippen LogP) is 6.94. The van der Waals surface area contributed by atoms with E-state index in [2.05, 4.69) is 6.92 Å². The zero-order valence-electron chi connectivity index (χ0n) is 22.3. The second kappa shape index (κ2) is 12.7. The highest BCUT2D eigenvalue weighted by atomic mass is 35.5. The highest BCUT2D eigenvalue weighted by molar-refractivity contribution is 6.51. The average molecular weight is 550 g/mol. The summed E-state index contributed by atoms with van der Waals surface area (Å²) in [7, 11) is 1.54. The highest BCUT2D eigenvalue weighted by Crippen LogP contribution is 2.44. The van der Waals surface area contributed by atoms with Gasteiger partial charge in [-0.15, -0.1) is 0 Å². The first kappa shape index (κ1) is 28.0. The second-order valence-electron chi connectivity index (χ2n) is 9.07. The van der Waals surface area contributed by atoms with E-state index < -0.39 is 17.7 Å². The molecule has 1 saturated heterocycles. The minimum Gasteiger partial charge on any atom is -0.507 e. The van der Waals surface area contributed by atoms with Crippen LogP contribution in [0.25, 0.3) is 5.76 Å². The Balaban J connectivity index is 1.80. The molecule has 0 aromatic heterocycles. The number of aliphatic hydroxyl groups excluding tert-OH is 1. The zero-order valence-corrected chi connectivity index (χ0v) is 23.0. The fraction of sp³-hybridized carbons (Fsp3) is 0.290. The summed E-state index contributed by atoms with van der Waals surface area (Å²) in [4.78, 5) is 28.2. The molecule has 1 aliphatic rings. The number of ether oxygens (including phenoxy) is 3. The molecule has 1 heterocycles. The normalized spacial score (nSPS) is 16.4. The number of carbonyl (C=O) groups is 2. The third kappa shape index (κ3) is 6.04. The number of amides is 1. The molecule has 0 spiro atoms. The third-order valence-corrected chi connectivity index (χ3v) is 6.75. The summed E-state index contributed by atoms with van der Waals surface area (Å²) in [6.45, 7) is 4.98. The minimum atomic E-state index is -0.916. The van der Waals surface area contributed by atoms with E-state index in [9.17, 15) is 14.7 Å². The van der Waals surface area contributed by atoms with Crippen molar-refractivity contribution in [1.82, 2.24) is 0 Å². The fourth-order valence-corrected chi connectivity index (χ4v) is 4.68. The second-order valence-corrected chi connectivity index (χ2v) is 9.51. The molecule has 0 radical (unpaired) electrons. The Hall–Kier alpha value is -3.97. The number of hydrogen-bond donors (Lipinski definition) is 1. The summed E-state index contributed by atoms with van der Waals surface area (Å²) >= 11 is 6.08. The van der Waals surface area contributed by atoms with Crippen LogP contribution in [0.4, 0.5) is 5.69 Å². The van der Waals surface area contributed by atoms with E-state index in [1.807, 2.05) is 6.92 Å². The average Bonchev–Trinajstić information content (AvgIpc) is 3.21. The predicted molar refractivity (Wildman–Crippen MR) is 152 cm³/mol.